The summed E-state index contributed by atoms with van der Waals surface area (Å²) >= 11 is 0. The fourth-order valence-corrected chi connectivity index (χ4v) is 4.04. The molecule has 1 aliphatic carbocycles. The number of aliphatic hydroxyl groups excluding tert-OH is 2. The number of fused-ring (bicyclic) bond motifs is 3. The lowest BCUT2D eigenvalue weighted by atomic mass is 9.77. The molecule has 4 atom stereocenters. The lowest BCUT2D eigenvalue weighted by Gasteiger charge is -2.40. The third-order valence-electron chi connectivity index (χ3n) is 5.28. The van der Waals surface area contributed by atoms with E-state index in [4.69, 9.17) is 9.84 Å². The number of ether oxygens (including phenoxy) is 1. The van der Waals surface area contributed by atoms with Gasteiger partial charge in [-0.25, -0.2) is 0 Å². The second kappa shape index (κ2) is 9.33. The first kappa shape index (κ1) is 23.8. The Labute approximate surface area is 183 Å². The van der Waals surface area contributed by atoms with E-state index in [1.807, 2.05) is 0 Å². The van der Waals surface area contributed by atoms with E-state index in [1.165, 1.54) is 6.08 Å². The molecule has 0 aromatic heterocycles. The maximum absolute atomic E-state index is 13.3. The van der Waals surface area contributed by atoms with Gasteiger partial charge in [-0.05, 0) is 26.0 Å². The third kappa shape index (κ3) is 4.97. The number of hydrogen-bond donors (Lipinski definition) is 3. The summed E-state index contributed by atoms with van der Waals surface area (Å²) in [6, 6.07) is 5.32. The fourth-order valence-electron chi connectivity index (χ4n) is 4.04. The van der Waals surface area contributed by atoms with Gasteiger partial charge in [-0.3, -0.25) is 9.59 Å². The van der Waals surface area contributed by atoms with Crippen molar-refractivity contribution >= 4 is 11.8 Å². The highest BCUT2D eigenvalue weighted by Crippen LogP contribution is 2.47. The van der Waals surface area contributed by atoms with Gasteiger partial charge >= 0.3 is 6.18 Å². The topological polar surface area (TPSA) is 99.1 Å². The Morgan fingerprint density at radius 1 is 1.25 bits per heavy atom. The zero-order valence-corrected chi connectivity index (χ0v) is 17.6. The van der Waals surface area contributed by atoms with E-state index >= 15 is 0 Å². The van der Waals surface area contributed by atoms with Crippen molar-refractivity contribution in [1.29, 1.82) is 0 Å². The van der Waals surface area contributed by atoms with Crippen molar-refractivity contribution in [2.24, 2.45) is 0 Å². The number of halogens is 3. The fraction of sp³-hybridized carbons (Fsp3) is 0.455. The summed E-state index contributed by atoms with van der Waals surface area (Å²) in [5.41, 5.74) is 1.17. The predicted molar refractivity (Wildman–Crippen MR) is 109 cm³/mol. The average Bonchev–Trinajstić information content (AvgIpc) is 3.10. The van der Waals surface area contributed by atoms with Crippen LogP contribution in [0, 0.1) is 0 Å². The van der Waals surface area contributed by atoms with Crippen LogP contribution in [0.5, 0.6) is 5.75 Å². The van der Waals surface area contributed by atoms with Gasteiger partial charge in [0.05, 0.1) is 18.6 Å². The first-order valence-corrected chi connectivity index (χ1v) is 10.1. The summed E-state index contributed by atoms with van der Waals surface area (Å²) < 4.78 is 45.8. The normalized spacial score (nSPS) is 23.9. The number of para-hydroxylation sites is 1. The Balaban J connectivity index is 2.09. The van der Waals surface area contributed by atoms with Crippen LogP contribution in [0.25, 0.3) is 0 Å². The number of allylic oxidation sites excluding steroid dienone is 1. The van der Waals surface area contributed by atoms with Crippen molar-refractivity contribution in [2.75, 3.05) is 19.7 Å². The molecule has 7 nitrogen and oxygen atoms in total. The summed E-state index contributed by atoms with van der Waals surface area (Å²) in [6.07, 6.45) is -5.05. The Morgan fingerprint density at radius 2 is 1.94 bits per heavy atom. The van der Waals surface area contributed by atoms with Gasteiger partial charge in [0.1, 0.15) is 24.5 Å². The molecule has 174 valence electrons. The zero-order valence-electron chi connectivity index (χ0n) is 17.6. The minimum Gasteiger partial charge on any atom is -0.486 e. The Morgan fingerprint density at radius 3 is 2.56 bits per heavy atom. The van der Waals surface area contributed by atoms with Crippen molar-refractivity contribution in [3.63, 3.8) is 0 Å². The van der Waals surface area contributed by atoms with Gasteiger partial charge in [0, 0.05) is 23.8 Å². The Kier molecular flexibility index (Phi) is 6.94. The van der Waals surface area contributed by atoms with Crippen LogP contribution in [0.3, 0.4) is 0 Å². The van der Waals surface area contributed by atoms with Gasteiger partial charge in [0.25, 0.3) is 0 Å². The number of benzene rings is 1. The highest BCUT2D eigenvalue weighted by Gasteiger charge is 2.51. The van der Waals surface area contributed by atoms with Crippen LogP contribution < -0.4 is 10.1 Å². The second-order valence-corrected chi connectivity index (χ2v) is 7.98. The molecule has 0 fully saturated rings. The maximum Gasteiger partial charge on any atom is 0.406 e. The van der Waals surface area contributed by atoms with E-state index in [9.17, 15) is 27.9 Å². The molecule has 2 amide bonds. The van der Waals surface area contributed by atoms with Crippen LogP contribution in [-0.4, -0.2) is 71.0 Å². The summed E-state index contributed by atoms with van der Waals surface area (Å²) in [4.78, 5) is 26.0. The molecule has 0 saturated heterocycles. The van der Waals surface area contributed by atoms with Crippen molar-refractivity contribution in [3.8, 4) is 5.75 Å². The maximum atomic E-state index is 13.3. The van der Waals surface area contributed by atoms with Gasteiger partial charge in [0.15, 0.2) is 0 Å². The number of hydrogen-bond acceptors (Lipinski definition) is 5. The third-order valence-corrected chi connectivity index (χ3v) is 5.28. The molecule has 0 bridgehead atoms. The van der Waals surface area contributed by atoms with Gasteiger partial charge in [-0.2, -0.15) is 13.2 Å². The van der Waals surface area contributed by atoms with E-state index in [0.29, 0.717) is 21.8 Å². The van der Waals surface area contributed by atoms with E-state index in [2.05, 4.69) is 5.32 Å². The molecular weight excluding hydrogens is 429 g/mol. The molecule has 0 radical (unpaired) electrons. The number of amides is 2. The molecule has 3 rings (SSSR count). The van der Waals surface area contributed by atoms with Crippen molar-refractivity contribution in [2.45, 2.75) is 44.2 Å². The van der Waals surface area contributed by atoms with E-state index < -0.39 is 48.7 Å². The van der Waals surface area contributed by atoms with Crippen LogP contribution in [0.2, 0.25) is 0 Å². The zero-order chi connectivity index (χ0) is 23.6. The Hall–Kier alpha value is -2.85. The number of aliphatic hydroxyl groups is 2. The summed E-state index contributed by atoms with van der Waals surface area (Å²) in [5, 5.41) is 22.6. The van der Waals surface area contributed by atoms with Gasteiger partial charge < -0.3 is 25.2 Å². The summed E-state index contributed by atoms with van der Waals surface area (Å²) in [5.74, 6) is -1.89. The van der Waals surface area contributed by atoms with E-state index in [-0.39, 0.29) is 18.7 Å². The van der Waals surface area contributed by atoms with Gasteiger partial charge in [-0.15, -0.1) is 0 Å². The predicted octanol–water partition coefficient (Wildman–Crippen LogP) is 1.67. The van der Waals surface area contributed by atoms with Crippen LogP contribution in [0.4, 0.5) is 13.2 Å². The van der Waals surface area contributed by atoms with E-state index in [1.54, 1.807) is 38.1 Å². The van der Waals surface area contributed by atoms with Crippen molar-refractivity contribution in [3.05, 3.63) is 53.1 Å². The number of nitrogens with zero attached hydrogens (tertiary/aromatic N) is 1. The van der Waals surface area contributed by atoms with E-state index in [0.717, 1.165) is 6.08 Å². The smallest absolute Gasteiger partial charge is 0.406 e. The van der Waals surface area contributed by atoms with Crippen LogP contribution in [0.15, 0.2) is 47.6 Å². The van der Waals surface area contributed by atoms with Crippen LogP contribution >= 0.6 is 0 Å². The lowest BCUT2D eigenvalue weighted by molar-refractivity contribution is -0.167. The summed E-state index contributed by atoms with van der Waals surface area (Å²) in [6.45, 7) is 1.14. The molecule has 10 heteroatoms. The number of nitrogens with one attached hydrogen (secondary N) is 1. The molecular formula is C22H25F3N2O5. The average molecular weight is 454 g/mol. The number of rotatable bonds is 6. The largest absolute Gasteiger partial charge is 0.486 e. The van der Waals surface area contributed by atoms with Crippen LogP contribution in [0.1, 0.15) is 25.3 Å². The monoisotopic (exact) mass is 454 g/mol. The summed E-state index contributed by atoms with van der Waals surface area (Å²) in [7, 11) is 0. The standard InChI is InChI=1S/C22H25F3N2O5/c1-12(2)9-17(29)27(11-22(23,24)25)15-10-14(21(31)26-7-8-28)18-13-5-3-4-6-16(13)32-20(18)19(15)30/h3-6,9-10,15,18-20,28,30H,7-8,11H2,1-2H3,(H,26,31). The first-order chi connectivity index (χ1) is 15.0. The molecule has 1 aromatic rings. The second-order valence-electron chi connectivity index (χ2n) is 7.98. The number of carbonyl (C=O) groups excluding carboxylic acids is 2. The van der Waals surface area contributed by atoms with Crippen molar-refractivity contribution < 1.29 is 37.7 Å². The molecule has 0 spiro atoms. The molecule has 4 unspecified atom stereocenters. The first-order valence-electron chi connectivity index (χ1n) is 10.1. The molecule has 1 aliphatic heterocycles. The van der Waals surface area contributed by atoms with Crippen LogP contribution in [-0.2, 0) is 9.59 Å². The highest BCUT2D eigenvalue weighted by atomic mass is 19.4. The molecule has 1 heterocycles. The number of carbonyl (C=O) groups is 2. The van der Waals surface area contributed by atoms with Gasteiger partial charge in [-0.1, -0.05) is 23.8 Å². The lowest BCUT2D eigenvalue weighted by Crippen LogP contribution is -2.57. The van der Waals surface area contributed by atoms with Crippen molar-refractivity contribution in [1.82, 2.24) is 10.2 Å². The Bertz CT molecular complexity index is 940. The molecule has 3 N–H and O–H groups in total. The molecule has 2 aliphatic rings. The number of alkyl halides is 3. The molecule has 32 heavy (non-hydrogen) atoms. The molecule has 0 saturated carbocycles. The minimum atomic E-state index is -4.73. The minimum absolute atomic E-state index is 0.0632. The van der Waals surface area contributed by atoms with Gasteiger partial charge in [0.2, 0.25) is 11.8 Å². The quantitative estimate of drug-likeness (QED) is 0.568. The molecule has 1 aromatic carbocycles. The SMILES string of the molecule is CC(C)=CC(=O)N(CC(F)(F)F)C1C=C(C(=O)NCCO)C2c3ccccc3OC2C1O. The highest BCUT2D eigenvalue weighted by molar-refractivity contribution is 5.96.